The van der Waals surface area contributed by atoms with Gasteiger partial charge in [0.15, 0.2) is 0 Å². The average Bonchev–Trinajstić information content (AvgIpc) is 3.55. The number of fused-ring (bicyclic) bond motifs is 4. The van der Waals surface area contributed by atoms with Crippen LogP contribution < -0.4 is 4.40 Å². The summed E-state index contributed by atoms with van der Waals surface area (Å²) in [4.78, 5) is 13.2. The van der Waals surface area contributed by atoms with Crippen LogP contribution in [0.15, 0.2) is 95.5 Å². The SMILES string of the molecule is CCn1c(-c2[c-]ccc3c2oc2nc(F)ccc23)nc2ccccc21.[CH3][Ge]([CH3])([CH3])[c]1ccc(-c2[c-]cccc2)nc1.[Ir]. The van der Waals surface area contributed by atoms with E-state index in [9.17, 15) is 4.39 Å². The number of nitrogens with zero attached hydrogens (tertiary/aromatic N) is 4. The van der Waals surface area contributed by atoms with Gasteiger partial charge in [0.1, 0.15) is 0 Å². The van der Waals surface area contributed by atoms with Gasteiger partial charge in [-0.05, 0) is 31.2 Å². The van der Waals surface area contributed by atoms with E-state index in [0.717, 1.165) is 51.0 Å². The van der Waals surface area contributed by atoms with E-state index < -0.39 is 19.2 Å². The minimum absolute atomic E-state index is 0. The maximum atomic E-state index is 13.5. The summed E-state index contributed by atoms with van der Waals surface area (Å²) in [5.74, 6) is 7.37. The number of para-hydroxylation sites is 2. The van der Waals surface area contributed by atoms with E-state index in [-0.39, 0.29) is 25.8 Å². The van der Waals surface area contributed by atoms with Crippen LogP contribution in [0.4, 0.5) is 4.39 Å². The number of halogens is 1. The van der Waals surface area contributed by atoms with E-state index in [1.54, 1.807) is 6.07 Å². The Kier molecular flexibility index (Phi) is 8.74. The topological polar surface area (TPSA) is 56.7 Å². The molecule has 0 amide bonds. The molecule has 0 aliphatic rings. The third-order valence-corrected chi connectivity index (χ3v) is 11.3. The predicted octanol–water partition coefficient (Wildman–Crippen LogP) is 8.05. The molecule has 4 heterocycles. The first kappa shape index (κ1) is 29.8. The summed E-state index contributed by atoms with van der Waals surface area (Å²) in [5, 5.41) is 1.66. The maximum Gasteiger partial charge on any atom is 0 e. The van der Waals surface area contributed by atoms with Crippen LogP contribution in [0, 0.1) is 18.1 Å². The molecule has 3 aromatic carbocycles. The van der Waals surface area contributed by atoms with Crippen LogP contribution >= 0.6 is 0 Å². The number of pyridine rings is 2. The van der Waals surface area contributed by atoms with Crippen LogP contribution in [-0.2, 0) is 26.7 Å². The van der Waals surface area contributed by atoms with Gasteiger partial charge in [-0.1, -0.05) is 23.1 Å². The number of rotatable bonds is 4. The summed E-state index contributed by atoms with van der Waals surface area (Å²) in [6.07, 6.45) is 2.04. The molecule has 0 aliphatic heterocycles. The molecule has 0 saturated carbocycles. The van der Waals surface area contributed by atoms with Crippen molar-refractivity contribution in [1.82, 2.24) is 19.5 Å². The second-order valence-corrected chi connectivity index (χ2v) is 21.5. The molecule has 1 radical (unpaired) electrons. The van der Waals surface area contributed by atoms with E-state index in [1.165, 1.54) is 10.5 Å². The van der Waals surface area contributed by atoms with Crippen molar-refractivity contribution in [3.05, 3.63) is 109 Å². The Hall–Kier alpha value is -3.65. The molecule has 0 spiro atoms. The summed E-state index contributed by atoms with van der Waals surface area (Å²) in [6, 6.07) is 33.5. The number of imidazole rings is 1. The molecule has 0 atom stereocenters. The summed E-state index contributed by atoms with van der Waals surface area (Å²) in [5.41, 5.74) is 5.73. The molecule has 0 unspecified atom stereocenters. The van der Waals surface area contributed by atoms with Gasteiger partial charge in [0.25, 0.3) is 0 Å². The van der Waals surface area contributed by atoms with E-state index in [1.807, 2.05) is 66.9 Å². The minimum Gasteiger partial charge on any atom is 0 e. The molecular weight excluding hydrogens is 764 g/mol. The Balaban J connectivity index is 0.000000181. The standard InChI is InChI=1S/C20H13FN3O.C14H16GeN.Ir/c1-2-24-16-9-4-3-8-15(16)22-19(24)14-7-5-6-12-13-10-11-17(21)23-20(13)25-18(12)14;1-15(2,3)13-9-10-14(16-11-13)12-7-5-4-6-8-12;/h3-6,8-11H,2H2,1H3;4-7,9-11H,1-3H3;/q2*-1;. The van der Waals surface area contributed by atoms with Gasteiger partial charge in [-0.15, -0.1) is 18.2 Å². The van der Waals surface area contributed by atoms with Crippen LogP contribution in [0.5, 0.6) is 0 Å². The van der Waals surface area contributed by atoms with Crippen molar-refractivity contribution in [2.45, 2.75) is 30.7 Å². The van der Waals surface area contributed by atoms with Gasteiger partial charge in [0.2, 0.25) is 11.7 Å². The Bertz CT molecular complexity index is 1980. The molecular formula is C34H29FGeIrN4O-2. The van der Waals surface area contributed by atoms with Crippen LogP contribution in [0.2, 0.25) is 17.3 Å². The van der Waals surface area contributed by atoms with Crippen molar-refractivity contribution < 1.29 is 28.9 Å². The number of benzene rings is 3. The predicted molar refractivity (Wildman–Crippen MR) is 166 cm³/mol. The Morgan fingerprint density at radius 2 is 1.67 bits per heavy atom. The van der Waals surface area contributed by atoms with Gasteiger partial charge >= 0.3 is 99.8 Å². The van der Waals surface area contributed by atoms with Crippen LogP contribution in [0.1, 0.15) is 6.92 Å². The first-order valence-corrected chi connectivity index (χ1v) is 21.0. The van der Waals surface area contributed by atoms with Crippen molar-refractivity contribution >= 4 is 50.8 Å². The second-order valence-electron chi connectivity index (χ2n) is 10.8. The van der Waals surface area contributed by atoms with E-state index in [0.29, 0.717) is 5.58 Å². The molecule has 213 valence electrons. The molecule has 7 rings (SSSR count). The van der Waals surface area contributed by atoms with Gasteiger partial charge in [-0.2, -0.15) is 9.37 Å². The summed E-state index contributed by atoms with van der Waals surface area (Å²) < 4.78 is 22.9. The minimum atomic E-state index is -1.72. The van der Waals surface area contributed by atoms with Crippen LogP contribution in [0.25, 0.3) is 55.7 Å². The average molecular weight is 793 g/mol. The molecule has 42 heavy (non-hydrogen) atoms. The van der Waals surface area contributed by atoms with E-state index in [4.69, 9.17) is 9.40 Å². The smallest absolute Gasteiger partial charge is 0 e. The summed E-state index contributed by atoms with van der Waals surface area (Å²) in [6.45, 7) is 2.85. The normalized spacial score (nSPS) is 11.4. The van der Waals surface area contributed by atoms with Gasteiger partial charge in [-0.25, -0.2) is 0 Å². The molecule has 0 saturated heterocycles. The molecule has 4 aromatic heterocycles. The van der Waals surface area contributed by atoms with Crippen molar-refractivity contribution in [2.75, 3.05) is 0 Å². The van der Waals surface area contributed by atoms with Crippen molar-refractivity contribution in [3.8, 4) is 22.6 Å². The van der Waals surface area contributed by atoms with Crippen molar-refractivity contribution in [1.29, 1.82) is 0 Å². The largest absolute Gasteiger partial charge is 0 e. The van der Waals surface area contributed by atoms with Gasteiger partial charge in [0.05, 0.1) is 22.4 Å². The quantitative estimate of drug-likeness (QED) is 0.103. The molecule has 0 aliphatic carbocycles. The Morgan fingerprint density at radius 3 is 2.38 bits per heavy atom. The van der Waals surface area contributed by atoms with Crippen molar-refractivity contribution in [2.24, 2.45) is 0 Å². The zero-order valence-corrected chi connectivity index (χ0v) is 28.3. The Morgan fingerprint density at radius 1 is 0.857 bits per heavy atom. The fourth-order valence-corrected chi connectivity index (χ4v) is 7.07. The number of hydrogen-bond donors (Lipinski definition) is 0. The maximum absolute atomic E-state index is 13.5. The number of aromatic nitrogens is 4. The number of hydrogen-bond acceptors (Lipinski definition) is 4. The first-order valence-electron chi connectivity index (χ1n) is 13.6. The number of furan rings is 1. The molecule has 5 nitrogen and oxygen atoms in total. The second kappa shape index (κ2) is 12.3. The third kappa shape index (κ3) is 5.82. The van der Waals surface area contributed by atoms with Gasteiger partial charge in [0, 0.05) is 32.0 Å². The van der Waals surface area contributed by atoms with E-state index in [2.05, 4.69) is 63.0 Å². The zero-order chi connectivity index (χ0) is 28.6. The van der Waals surface area contributed by atoms with Crippen LogP contribution in [-0.4, -0.2) is 32.8 Å². The van der Waals surface area contributed by atoms with Crippen molar-refractivity contribution in [3.63, 3.8) is 0 Å². The molecule has 0 bridgehead atoms. The summed E-state index contributed by atoms with van der Waals surface area (Å²) >= 11 is -1.72. The van der Waals surface area contributed by atoms with Gasteiger partial charge < -0.3 is 8.98 Å². The number of aryl methyl sites for hydroxylation is 1. The Labute approximate surface area is 260 Å². The van der Waals surface area contributed by atoms with E-state index >= 15 is 0 Å². The molecule has 7 aromatic rings. The monoisotopic (exact) mass is 795 g/mol. The molecule has 8 heteroatoms. The fourth-order valence-electron chi connectivity index (χ4n) is 4.90. The molecule has 0 N–H and O–H groups in total. The third-order valence-electron chi connectivity index (χ3n) is 7.07. The van der Waals surface area contributed by atoms with Gasteiger partial charge in [-0.3, -0.25) is 4.98 Å². The van der Waals surface area contributed by atoms with Crippen LogP contribution in [0.3, 0.4) is 0 Å². The molecule has 0 fully saturated rings. The first-order chi connectivity index (χ1) is 19.8. The summed E-state index contributed by atoms with van der Waals surface area (Å²) in [7, 11) is 0. The zero-order valence-electron chi connectivity index (χ0n) is 23.8. The fraction of sp³-hybridized carbons (Fsp3) is 0.147.